The third-order valence-electron chi connectivity index (χ3n) is 3.50. The highest BCUT2D eigenvalue weighted by Crippen LogP contribution is 2.33. The van der Waals surface area contributed by atoms with Gasteiger partial charge in [-0.15, -0.1) is 11.3 Å². The fourth-order valence-corrected chi connectivity index (χ4v) is 4.06. The van der Waals surface area contributed by atoms with Gasteiger partial charge >= 0.3 is 0 Å². The molecule has 0 aliphatic heterocycles. The van der Waals surface area contributed by atoms with Crippen molar-refractivity contribution < 1.29 is 0 Å². The summed E-state index contributed by atoms with van der Waals surface area (Å²) in [7, 11) is 0. The lowest BCUT2D eigenvalue weighted by molar-refractivity contribution is 0.609. The van der Waals surface area contributed by atoms with Gasteiger partial charge in [-0.3, -0.25) is 4.98 Å². The number of hydrogen-bond acceptors (Lipinski definition) is 3. The minimum atomic E-state index is 0.217. The van der Waals surface area contributed by atoms with Gasteiger partial charge < -0.3 is 5.32 Å². The number of nitrogens with one attached hydrogen (secondary N) is 1. The normalized spacial score (nSPS) is 12.7. The van der Waals surface area contributed by atoms with E-state index < -0.39 is 0 Å². The molecule has 0 aliphatic rings. The summed E-state index contributed by atoms with van der Waals surface area (Å²) < 4.78 is 1.14. The highest BCUT2D eigenvalue weighted by Gasteiger charge is 2.17. The minimum absolute atomic E-state index is 0.217. The van der Waals surface area contributed by atoms with Crippen molar-refractivity contribution >= 4 is 38.0 Å². The first kappa shape index (κ1) is 14.7. The van der Waals surface area contributed by atoms with E-state index in [-0.39, 0.29) is 6.04 Å². The van der Waals surface area contributed by atoms with Gasteiger partial charge in [-0.05, 0) is 52.0 Å². The van der Waals surface area contributed by atoms with Crippen molar-refractivity contribution in [2.75, 3.05) is 6.54 Å². The highest BCUT2D eigenvalue weighted by molar-refractivity contribution is 9.10. The first-order valence-corrected chi connectivity index (χ1v) is 8.77. The van der Waals surface area contributed by atoms with E-state index in [1.54, 1.807) is 11.3 Å². The Balaban J connectivity index is 2.09. The van der Waals surface area contributed by atoms with Gasteiger partial charge in [-0.25, -0.2) is 0 Å². The lowest BCUT2D eigenvalue weighted by Crippen LogP contribution is -2.22. The molecule has 21 heavy (non-hydrogen) atoms. The molecule has 0 bridgehead atoms. The molecule has 0 aliphatic carbocycles. The Morgan fingerprint density at radius 3 is 3.00 bits per heavy atom. The Labute approximate surface area is 137 Å². The topological polar surface area (TPSA) is 24.9 Å². The summed E-state index contributed by atoms with van der Waals surface area (Å²) in [6, 6.07) is 11.0. The molecule has 3 rings (SSSR count). The number of benzene rings is 1. The molecule has 0 radical (unpaired) electrons. The standard InChI is InChI=1S/C17H17BrN2S/c1-2-7-20-17(16-9-13(18)11-21-16)14-5-3-4-12-6-8-19-10-15(12)14/h3-6,8-11,17,20H,2,7H2,1H3. The Morgan fingerprint density at radius 1 is 1.33 bits per heavy atom. The van der Waals surface area contributed by atoms with Crippen LogP contribution >= 0.6 is 27.3 Å². The fourth-order valence-electron chi connectivity index (χ4n) is 2.52. The lowest BCUT2D eigenvalue weighted by Gasteiger charge is -2.19. The number of thiophene rings is 1. The van der Waals surface area contributed by atoms with Crippen molar-refractivity contribution in [3.8, 4) is 0 Å². The van der Waals surface area contributed by atoms with Gasteiger partial charge in [0.15, 0.2) is 0 Å². The fraction of sp³-hybridized carbons (Fsp3) is 0.235. The van der Waals surface area contributed by atoms with Crippen LogP contribution in [0.1, 0.15) is 29.8 Å². The predicted octanol–water partition coefficient (Wildman–Crippen LogP) is 5.15. The molecule has 2 nitrogen and oxygen atoms in total. The van der Waals surface area contributed by atoms with Gasteiger partial charge in [0.2, 0.25) is 0 Å². The van der Waals surface area contributed by atoms with Crippen molar-refractivity contribution in [3.05, 3.63) is 63.0 Å². The molecule has 0 amide bonds. The molecule has 0 fully saturated rings. The van der Waals surface area contributed by atoms with Crippen LogP contribution in [0.25, 0.3) is 10.8 Å². The molecular weight excluding hydrogens is 344 g/mol. The van der Waals surface area contributed by atoms with Gasteiger partial charge in [0.1, 0.15) is 0 Å². The molecule has 108 valence electrons. The van der Waals surface area contributed by atoms with Crippen molar-refractivity contribution in [2.45, 2.75) is 19.4 Å². The second-order valence-electron chi connectivity index (χ2n) is 5.00. The smallest absolute Gasteiger partial charge is 0.0678 e. The van der Waals surface area contributed by atoms with Crippen LogP contribution in [-0.2, 0) is 0 Å². The largest absolute Gasteiger partial charge is 0.306 e. The Morgan fingerprint density at radius 2 is 2.24 bits per heavy atom. The molecule has 2 heterocycles. The molecule has 1 atom stereocenters. The summed E-state index contributed by atoms with van der Waals surface area (Å²) >= 11 is 5.34. The van der Waals surface area contributed by atoms with Crippen molar-refractivity contribution in [1.29, 1.82) is 0 Å². The summed E-state index contributed by atoms with van der Waals surface area (Å²) in [4.78, 5) is 5.63. The van der Waals surface area contributed by atoms with Gasteiger partial charge in [0.05, 0.1) is 6.04 Å². The first-order chi connectivity index (χ1) is 10.3. The summed E-state index contributed by atoms with van der Waals surface area (Å²) in [5.74, 6) is 0. The average molecular weight is 361 g/mol. The maximum Gasteiger partial charge on any atom is 0.0678 e. The van der Waals surface area contributed by atoms with Crippen LogP contribution in [0.3, 0.4) is 0 Å². The second-order valence-corrected chi connectivity index (χ2v) is 6.86. The van der Waals surface area contributed by atoms with Crippen molar-refractivity contribution in [3.63, 3.8) is 0 Å². The molecule has 0 saturated heterocycles. The van der Waals surface area contributed by atoms with Gasteiger partial charge in [0.25, 0.3) is 0 Å². The van der Waals surface area contributed by atoms with E-state index in [4.69, 9.17) is 0 Å². The van der Waals surface area contributed by atoms with Crippen LogP contribution in [0.15, 0.2) is 52.6 Å². The lowest BCUT2D eigenvalue weighted by atomic mass is 9.99. The number of rotatable bonds is 5. The highest BCUT2D eigenvalue weighted by atomic mass is 79.9. The van der Waals surface area contributed by atoms with Crippen LogP contribution in [-0.4, -0.2) is 11.5 Å². The van der Waals surface area contributed by atoms with E-state index in [1.807, 2.05) is 12.4 Å². The summed E-state index contributed by atoms with van der Waals surface area (Å²) in [5, 5.41) is 8.27. The van der Waals surface area contributed by atoms with E-state index in [0.717, 1.165) is 17.4 Å². The van der Waals surface area contributed by atoms with Gasteiger partial charge in [-0.1, -0.05) is 25.1 Å². The van der Waals surface area contributed by atoms with E-state index >= 15 is 0 Å². The maximum absolute atomic E-state index is 4.30. The Bertz CT molecular complexity index is 733. The summed E-state index contributed by atoms with van der Waals surface area (Å²) in [6.07, 6.45) is 4.93. The molecule has 1 aromatic carbocycles. The number of nitrogens with zero attached hydrogens (tertiary/aromatic N) is 1. The van der Waals surface area contributed by atoms with Crippen molar-refractivity contribution in [2.24, 2.45) is 0 Å². The second kappa shape index (κ2) is 6.69. The number of aromatic nitrogens is 1. The van der Waals surface area contributed by atoms with E-state index in [9.17, 15) is 0 Å². The van der Waals surface area contributed by atoms with Crippen molar-refractivity contribution in [1.82, 2.24) is 10.3 Å². The zero-order valence-electron chi connectivity index (χ0n) is 11.8. The molecular formula is C17H17BrN2S. The zero-order chi connectivity index (χ0) is 14.7. The monoisotopic (exact) mass is 360 g/mol. The molecule has 0 saturated carbocycles. The summed E-state index contributed by atoms with van der Waals surface area (Å²) in [6.45, 7) is 3.19. The first-order valence-electron chi connectivity index (χ1n) is 7.09. The van der Waals surface area contributed by atoms with Crippen LogP contribution in [0.2, 0.25) is 0 Å². The van der Waals surface area contributed by atoms with Crippen LogP contribution in [0.4, 0.5) is 0 Å². The third kappa shape index (κ3) is 3.18. The van der Waals surface area contributed by atoms with Gasteiger partial charge in [-0.2, -0.15) is 0 Å². The van der Waals surface area contributed by atoms with Gasteiger partial charge in [0, 0.05) is 32.5 Å². The zero-order valence-corrected chi connectivity index (χ0v) is 14.2. The molecule has 1 N–H and O–H groups in total. The molecule has 1 unspecified atom stereocenters. The number of fused-ring (bicyclic) bond motifs is 1. The van der Waals surface area contributed by atoms with Crippen LogP contribution < -0.4 is 5.32 Å². The molecule has 3 aromatic rings. The third-order valence-corrected chi connectivity index (χ3v) is 5.26. The van der Waals surface area contributed by atoms with Crippen LogP contribution in [0, 0.1) is 0 Å². The minimum Gasteiger partial charge on any atom is -0.306 e. The quantitative estimate of drug-likeness (QED) is 0.680. The average Bonchev–Trinajstić information content (AvgIpc) is 2.94. The Kier molecular flexibility index (Phi) is 4.68. The number of halogens is 1. The predicted molar refractivity (Wildman–Crippen MR) is 93.9 cm³/mol. The van der Waals surface area contributed by atoms with E-state index in [2.05, 4.69) is 68.9 Å². The SMILES string of the molecule is CCCNC(c1cc(Br)cs1)c1cccc2ccncc12. The van der Waals surface area contributed by atoms with Crippen LogP contribution in [0.5, 0.6) is 0 Å². The number of pyridine rings is 1. The Hall–Kier alpha value is -1.23. The number of hydrogen-bond donors (Lipinski definition) is 1. The molecule has 2 aromatic heterocycles. The van der Waals surface area contributed by atoms with E-state index in [0.29, 0.717) is 0 Å². The molecule has 0 spiro atoms. The summed E-state index contributed by atoms with van der Waals surface area (Å²) in [5.41, 5.74) is 1.29. The molecule has 4 heteroatoms. The maximum atomic E-state index is 4.30. The van der Waals surface area contributed by atoms with E-state index in [1.165, 1.54) is 21.2 Å².